The molecule has 2 heterocycles. The summed E-state index contributed by atoms with van der Waals surface area (Å²) in [5, 5.41) is 1.90. The summed E-state index contributed by atoms with van der Waals surface area (Å²) in [7, 11) is 0. The molecule has 1 aromatic rings. The maximum absolute atomic E-state index is 5.48. The van der Waals surface area contributed by atoms with Crippen LogP contribution in [0.2, 0.25) is 0 Å². The van der Waals surface area contributed by atoms with Gasteiger partial charge >= 0.3 is 0 Å². The molecule has 0 atom stereocenters. The average molecular weight is 178 g/mol. The summed E-state index contributed by atoms with van der Waals surface area (Å²) < 4.78 is 0. The molecule has 1 aromatic heterocycles. The summed E-state index contributed by atoms with van der Waals surface area (Å²) in [4.78, 5) is 9.80. The number of anilines is 1. The Bertz CT molecular complexity index is 288. The molecule has 0 saturated heterocycles. The molecule has 3 heteroatoms. The molecule has 0 unspecified atom stereocenters. The largest absolute Gasteiger partial charge is 0.272 e. The summed E-state index contributed by atoms with van der Waals surface area (Å²) in [5.74, 6) is 0.996. The molecular weight excluding hydrogens is 164 g/mol. The maximum Gasteiger partial charge on any atom is 0.155 e. The Balaban J connectivity index is 2.26. The minimum absolute atomic E-state index is 0.704. The zero-order valence-electron chi connectivity index (χ0n) is 7.86. The molecule has 13 heavy (non-hydrogen) atoms. The van der Waals surface area contributed by atoms with Gasteiger partial charge in [-0.1, -0.05) is 6.07 Å². The molecule has 1 aliphatic heterocycles. The predicted octanol–water partition coefficient (Wildman–Crippen LogP) is 1.79. The molecule has 70 valence electrons. The van der Waals surface area contributed by atoms with E-state index in [1.807, 2.05) is 24.3 Å². The van der Waals surface area contributed by atoms with Crippen molar-refractivity contribution in [2.24, 2.45) is 0 Å². The summed E-state index contributed by atoms with van der Waals surface area (Å²) >= 11 is 0. The van der Waals surface area contributed by atoms with Crippen LogP contribution in [0.15, 0.2) is 18.3 Å². The van der Waals surface area contributed by atoms with Crippen LogP contribution in [0.1, 0.15) is 18.9 Å². The summed E-state index contributed by atoms with van der Waals surface area (Å²) in [6, 6.07) is 4.10. The lowest BCUT2D eigenvalue weighted by molar-refractivity contribution is 0.114. The first-order valence-corrected chi connectivity index (χ1v) is 4.76. The van der Waals surface area contributed by atoms with Crippen molar-refractivity contribution in [3.05, 3.63) is 23.9 Å². The quantitative estimate of drug-likeness (QED) is 0.690. The molecule has 0 aromatic carbocycles. The molecule has 0 spiro atoms. The second-order valence-electron chi connectivity index (χ2n) is 3.11. The van der Waals surface area contributed by atoms with E-state index in [1.54, 1.807) is 0 Å². The van der Waals surface area contributed by atoms with Gasteiger partial charge in [-0.2, -0.15) is 0 Å². The minimum atomic E-state index is 0.704. The highest BCUT2D eigenvalue weighted by Gasteiger charge is 2.17. The maximum atomic E-state index is 5.48. The second kappa shape index (κ2) is 3.75. The Morgan fingerprint density at radius 1 is 1.62 bits per heavy atom. The number of hydrogen-bond acceptors (Lipinski definition) is 3. The molecule has 0 saturated carbocycles. The molecular formula is C10H14N2O. The summed E-state index contributed by atoms with van der Waals surface area (Å²) in [6.45, 7) is 3.66. The van der Waals surface area contributed by atoms with Gasteiger partial charge < -0.3 is 0 Å². The fourth-order valence-corrected chi connectivity index (χ4v) is 1.65. The molecule has 0 amide bonds. The van der Waals surface area contributed by atoms with Crippen LogP contribution in [0.5, 0.6) is 0 Å². The highest BCUT2D eigenvalue weighted by atomic mass is 16.7. The molecule has 0 N–H and O–H groups in total. The van der Waals surface area contributed by atoms with E-state index in [0.29, 0.717) is 6.61 Å². The van der Waals surface area contributed by atoms with Gasteiger partial charge in [0, 0.05) is 12.7 Å². The number of nitrogens with zero attached hydrogens (tertiary/aromatic N) is 2. The Labute approximate surface area is 78.3 Å². The van der Waals surface area contributed by atoms with Crippen molar-refractivity contribution >= 4 is 5.82 Å². The first kappa shape index (κ1) is 8.51. The van der Waals surface area contributed by atoms with E-state index in [9.17, 15) is 0 Å². The normalized spacial score (nSPS) is 15.6. The smallest absolute Gasteiger partial charge is 0.155 e. The van der Waals surface area contributed by atoms with Gasteiger partial charge in [-0.05, 0) is 31.4 Å². The molecule has 0 bridgehead atoms. The van der Waals surface area contributed by atoms with E-state index in [0.717, 1.165) is 25.2 Å². The van der Waals surface area contributed by atoms with Crippen LogP contribution in [0, 0.1) is 0 Å². The van der Waals surface area contributed by atoms with Crippen molar-refractivity contribution in [1.29, 1.82) is 0 Å². The van der Waals surface area contributed by atoms with Crippen molar-refractivity contribution in [3.63, 3.8) is 0 Å². The SMILES string of the molecule is CCON1CCCc2cccnc21. The Kier molecular flexibility index (Phi) is 2.45. The third-order valence-electron chi connectivity index (χ3n) is 2.20. The van der Waals surface area contributed by atoms with Crippen molar-refractivity contribution < 1.29 is 4.84 Å². The fraction of sp³-hybridized carbons (Fsp3) is 0.500. The lowest BCUT2D eigenvalue weighted by Gasteiger charge is -2.28. The number of aryl methyl sites for hydroxylation is 1. The van der Waals surface area contributed by atoms with Crippen LogP contribution >= 0.6 is 0 Å². The van der Waals surface area contributed by atoms with Crippen LogP contribution in [-0.2, 0) is 11.3 Å². The van der Waals surface area contributed by atoms with E-state index in [4.69, 9.17) is 4.84 Å². The summed E-state index contributed by atoms with van der Waals surface area (Å²) in [6.07, 6.45) is 4.08. The lowest BCUT2D eigenvalue weighted by Crippen LogP contribution is -2.30. The zero-order chi connectivity index (χ0) is 9.10. The highest BCUT2D eigenvalue weighted by Crippen LogP contribution is 2.23. The number of hydroxylamine groups is 1. The van der Waals surface area contributed by atoms with Gasteiger partial charge in [0.05, 0.1) is 6.61 Å². The average Bonchev–Trinajstić information content (AvgIpc) is 2.19. The van der Waals surface area contributed by atoms with Crippen molar-refractivity contribution in [2.75, 3.05) is 18.2 Å². The fourth-order valence-electron chi connectivity index (χ4n) is 1.65. The van der Waals surface area contributed by atoms with Crippen LogP contribution < -0.4 is 5.06 Å². The van der Waals surface area contributed by atoms with Gasteiger partial charge in [-0.25, -0.2) is 10.0 Å². The van der Waals surface area contributed by atoms with Gasteiger partial charge in [-0.15, -0.1) is 0 Å². The molecule has 0 aliphatic carbocycles. The zero-order valence-corrected chi connectivity index (χ0v) is 7.86. The van der Waals surface area contributed by atoms with Crippen molar-refractivity contribution in [3.8, 4) is 0 Å². The van der Waals surface area contributed by atoms with Gasteiger partial charge in [0.2, 0.25) is 0 Å². The number of pyridine rings is 1. The molecule has 3 nitrogen and oxygen atoms in total. The highest BCUT2D eigenvalue weighted by molar-refractivity contribution is 5.46. The van der Waals surface area contributed by atoms with Crippen LogP contribution in [0.3, 0.4) is 0 Å². The van der Waals surface area contributed by atoms with E-state index < -0.39 is 0 Å². The first-order chi connectivity index (χ1) is 6.42. The van der Waals surface area contributed by atoms with Crippen molar-refractivity contribution in [2.45, 2.75) is 19.8 Å². The summed E-state index contributed by atoms with van der Waals surface area (Å²) in [5.41, 5.74) is 1.29. The van der Waals surface area contributed by atoms with Gasteiger partial charge in [-0.3, -0.25) is 4.84 Å². The molecule has 0 fully saturated rings. The first-order valence-electron chi connectivity index (χ1n) is 4.76. The number of fused-ring (bicyclic) bond motifs is 1. The topological polar surface area (TPSA) is 25.4 Å². The van der Waals surface area contributed by atoms with Gasteiger partial charge in [0.25, 0.3) is 0 Å². The lowest BCUT2D eigenvalue weighted by atomic mass is 10.1. The number of aromatic nitrogens is 1. The van der Waals surface area contributed by atoms with E-state index in [-0.39, 0.29) is 0 Å². The van der Waals surface area contributed by atoms with Gasteiger partial charge in [0.1, 0.15) is 0 Å². The van der Waals surface area contributed by atoms with E-state index >= 15 is 0 Å². The number of hydrogen-bond donors (Lipinski definition) is 0. The van der Waals surface area contributed by atoms with Crippen LogP contribution in [0.25, 0.3) is 0 Å². The third kappa shape index (κ3) is 1.65. The monoisotopic (exact) mass is 178 g/mol. The molecule has 1 aliphatic rings. The van der Waals surface area contributed by atoms with Crippen LogP contribution in [-0.4, -0.2) is 18.1 Å². The third-order valence-corrected chi connectivity index (χ3v) is 2.20. The van der Waals surface area contributed by atoms with Crippen LogP contribution in [0.4, 0.5) is 5.82 Å². The second-order valence-corrected chi connectivity index (χ2v) is 3.11. The Morgan fingerprint density at radius 2 is 2.54 bits per heavy atom. The molecule has 2 rings (SSSR count). The predicted molar refractivity (Wildman–Crippen MR) is 51.5 cm³/mol. The van der Waals surface area contributed by atoms with Crippen molar-refractivity contribution in [1.82, 2.24) is 4.98 Å². The number of rotatable bonds is 2. The minimum Gasteiger partial charge on any atom is -0.272 e. The van der Waals surface area contributed by atoms with Gasteiger partial charge in [0.15, 0.2) is 5.82 Å². The van der Waals surface area contributed by atoms with E-state index in [1.165, 1.54) is 5.56 Å². The Morgan fingerprint density at radius 3 is 3.38 bits per heavy atom. The van der Waals surface area contributed by atoms with E-state index in [2.05, 4.69) is 11.1 Å². The standard InChI is InChI=1S/C10H14N2O/c1-2-13-12-8-4-6-9-5-3-7-11-10(9)12/h3,5,7H,2,4,6,8H2,1H3. The Hall–Kier alpha value is -1.09. The molecule has 0 radical (unpaired) electrons.